The number of ether oxygens (including phenoxy) is 2. The molecule has 106 valence electrons. The van der Waals surface area contributed by atoms with Gasteiger partial charge in [-0.05, 0) is 39.7 Å². The Kier molecular flexibility index (Phi) is 4.14. The van der Waals surface area contributed by atoms with Gasteiger partial charge in [0.1, 0.15) is 5.57 Å². The highest BCUT2D eigenvalue weighted by Crippen LogP contribution is 2.33. The number of halogens is 3. The lowest BCUT2D eigenvalue weighted by molar-refractivity contribution is -0.222. The molecule has 1 aromatic rings. The number of carbonyl (C=O) groups excluding carboxylic acids is 2. The average Bonchev–Trinajstić information content (AvgIpc) is 2.28. The van der Waals surface area contributed by atoms with E-state index in [9.17, 15) is 9.59 Å². The molecule has 0 bridgehead atoms. The number of cyclic esters (lactones) is 2. The van der Waals surface area contributed by atoms with E-state index in [-0.39, 0.29) is 5.57 Å². The lowest BCUT2D eigenvalue weighted by Crippen LogP contribution is -2.41. The third-order valence-electron chi connectivity index (χ3n) is 2.44. The number of carbonyl (C=O) groups is 2. The van der Waals surface area contributed by atoms with Gasteiger partial charge in [-0.3, -0.25) is 0 Å². The summed E-state index contributed by atoms with van der Waals surface area (Å²) in [6, 6.07) is 3.13. The van der Waals surface area contributed by atoms with Gasteiger partial charge < -0.3 is 9.47 Å². The van der Waals surface area contributed by atoms with Crippen LogP contribution in [-0.2, 0) is 19.1 Å². The van der Waals surface area contributed by atoms with Crippen molar-refractivity contribution in [3.8, 4) is 0 Å². The van der Waals surface area contributed by atoms with Crippen molar-refractivity contribution in [1.29, 1.82) is 0 Å². The van der Waals surface area contributed by atoms with E-state index < -0.39 is 17.7 Å². The van der Waals surface area contributed by atoms with E-state index >= 15 is 0 Å². The molecule has 0 amide bonds. The minimum atomic E-state index is -1.27. The summed E-state index contributed by atoms with van der Waals surface area (Å²) in [6.07, 6.45) is 1.29. The zero-order valence-corrected chi connectivity index (χ0v) is 13.6. The van der Waals surface area contributed by atoms with Crippen LogP contribution in [0.5, 0.6) is 0 Å². The number of hydrogen-bond acceptors (Lipinski definition) is 4. The molecule has 0 radical (unpaired) electrons. The SMILES string of the molecule is CC1(C)OC(=O)C(=Cc2cc(Cl)cc(Br)c2Cl)C(=O)O1. The highest BCUT2D eigenvalue weighted by Gasteiger charge is 2.38. The number of rotatable bonds is 1. The molecule has 1 saturated heterocycles. The highest BCUT2D eigenvalue weighted by molar-refractivity contribution is 9.10. The van der Waals surface area contributed by atoms with Gasteiger partial charge in [0, 0.05) is 23.3 Å². The van der Waals surface area contributed by atoms with Crippen molar-refractivity contribution in [3.63, 3.8) is 0 Å². The van der Waals surface area contributed by atoms with Crippen LogP contribution in [0.4, 0.5) is 0 Å². The fourth-order valence-electron chi connectivity index (χ4n) is 1.61. The van der Waals surface area contributed by atoms with Crippen molar-refractivity contribution in [2.75, 3.05) is 0 Å². The lowest BCUT2D eigenvalue weighted by Gasteiger charge is -2.29. The van der Waals surface area contributed by atoms with E-state index in [4.69, 9.17) is 32.7 Å². The first-order valence-corrected chi connectivity index (χ1v) is 7.07. The first kappa shape index (κ1) is 15.4. The van der Waals surface area contributed by atoms with Crippen LogP contribution in [0.15, 0.2) is 22.2 Å². The quantitative estimate of drug-likeness (QED) is 0.320. The van der Waals surface area contributed by atoms with Crippen molar-refractivity contribution in [3.05, 3.63) is 37.8 Å². The fraction of sp³-hybridized carbons (Fsp3) is 0.231. The molecule has 0 aromatic heterocycles. The van der Waals surface area contributed by atoms with E-state index in [1.54, 1.807) is 6.07 Å². The van der Waals surface area contributed by atoms with Gasteiger partial charge in [0.15, 0.2) is 0 Å². The summed E-state index contributed by atoms with van der Waals surface area (Å²) in [5.74, 6) is -2.80. The second-order valence-electron chi connectivity index (χ2n) is 4.53. The van der Waals surface area contributed by atoms with Gasteiger partial charge in [0.25, 0.3) is 5.79 Å². The van der Waals surface area contributed by atoms with Crippen molar-refractivity contribution < 1.29 is 19.1 Å². The molecule has 1 heterocycles. The highest BCUT2D eigenvalue weighted by atomic mass is 79.9. The summed E-state index contributed by atoms with van der Waals surface area (Å²) in [6.45, 7) is 2.95. The van der Waals surface area contributed by atoms with Gasteiger partial charge in [-0.1, -0.05) is 23.2 Å². The smallest absolute Gasteiger partial charge is 0.348 e. The predicted octanol–water partition coefficient (Wildman–Crippen LogP) is 3.98. The van der Waals surface area contributed by atoms with Crippen molar-refractivity contribution in [2.24, 2.45) is 0 Å². The molecule has 1 aliphatic rings. The first-order valence-electron chi connectivity index (χ1n) is 5.52. The fourth-order valence-corrected chi connectivity index (χ4v) is 2.61. The Labute approximate surface area is 133 Å². The Morgan fingerprint density at radius 3 is 2.25 bits per heavy atom. The predicted molar refractivity (Wildman–Crippen MR) is 78.4 cm³/mol. The summed E-state index contributed by atoms with van der Waals surface area (Å²) in [5, 5.41) is 0.735. The maximum Gasteiger partial charge on any atom is 0.348 e. The topological polar surface area (TPSA) is 52.6 Å². The van der Waals surface area contributed by atoms with Gasteiger partial charge in [0.05, 0.1) is 5.02 Å². The third kappa shape index (κ3) is 3.16. The van der Waals surface area contributed by atoms with Gasteiger partial charge >= 0.3 is 11.9 Å². The second-order valence-corrected chi connectivity index (χ2v) is 6.20. The van der Waals surface area contributed by atoms with E-state index in [2.05, 4.69) is 15.9 Å². The van der Waals surface area contributed by atoms with Crippen LogP contribution in [-0.4, -0.2) is 17.7 Å². The van der Waals surface area contributed by atoms with Crippen LogP contribution in [0.25, 0.3) is 6.08 Å². The molecule has 0 atom stereocenters. The Hall–Kier alpha value is -1.04. The minimum absolute atomic E-state index is 0.236. The van der Waals surface area contributed by atoms with Crippen LogP contribution in [0, 0.1) is 0 Å². The summed E-state index contributed by atoms with van der Waals surface area (Å²) < 4.78 is 10.5. The molecule has 0 saturated carbocycles. The summed E-state index contributed by atoms with van der Waals surface area (Å²) in [5.41, 5.74) is 0.176. The molecule has 1 aromatic carbocycles. The van der Waals surface area contributed by atoms with Gasteiger partial charge in [-0.15, -0.1) is 0 Å². The number of esters is 2. The van der Waals surface area contributed by atoms with E-state index in [0.717, 1.165) is 0 Å². The minimum Gasteiger partial charge on any atom is -0.419 e. The Morgan fingerprint density at radius 2 is 1.70 bits per heavy atom. The summed E-state index contributed by atoms with van der Waals surface area (Å²) >= 11 is 15.2. The molecule has 1 fully saturated rings. The van der Waals surface area contributed by atoms with E-state index in [1.165, 1.54) is 26.0 Å². The van der Waals surface area contributed by atoms with Crippen molar-refractivity contribution in [1.82, 2.24) is 0 Å². The molecule has 0 spiro atoms. The Morgan fingerprint density at radius 1 is 1.15 bits per heavy atom. The molecule has 0 N–H and O–H groups in total. The molecule has 0 unspecified atom stereocenters. The molecule has 1 aliphatic heterocycles. The van der Waals surface area contributed by atoms with Crippen LogP contribution < -0.4 is 0 Å². The normalized spacial score (nSPS) is 17.6. The monoisotopic (exact) mass is 378 g/mol. The maximum atomic E-state index is 11.8. The largest absolute Gasteiger partial charge is 0.419 e. The van der Waals surface area contributed by atoms with Crippen LogP contribution in [0.2, 0.25) is 10.0 Å². The summed E-state index contributed by atoms with van der Waals surface area (Å²) in [4.78, 5) is 23.7. The standard InChI is InChI=1S/C13H9BrCl2O4/c1-13(2)19-11(17)8(12(18)20-13)4-6-3-7(15)5-9(14)10(6)16/h3-5H,1-2H3. The summed E-state index contributed by atoms with van der Waals surface area (Å²) in [7, 11) is 0. The second kappa shape index (κ2) is 5.39. The lowest BCUT2D eigenvalue weighted by atomic mass is 10.1. The molecular weight excluding hydrogens is 371 g/mol. The molecule has 7 heteroatoms. The third-order valence-corrected chi connectivity index (χ3v) is 3.93. The molecule has 4 nitrogen and oxygen atoms in total. The molecule has 20 heavy (non-hydrogen) atoms. The Bertz CT molecular complexity index is 616. The van der Waals surface area contributed by atoms with E-state index in [0.29, 0.717) is 20.1 Å². The van der Waals surface area contributed by atoms with Crippen molar-refractivity contribution >= 4 is 57.1 Å². The zero-order valence-electron chi connectivity index (χ0n) is 10.5. The van der Waals surface area contributed by atoms with Gasteiger partial charge in [-0.2, -0.15) is 0 Å². The number of benzene rings is 1. The Balaban J connectivity index is 2.46. The maximum absolute atomic E-state index is 11.8. The van der Waals surface area contributed by atoms with Crippen LogP contribution in [0.1, 0.15) is 19.4 Å². The molecular formula is C13H9BrCl2O4. The molecule has 2 rings (SSSR count). The number of hydrogen-bond donors (Lipinski definition) is 0. The van der Waals surface area contributed by atoms with Crippen LogP contribution >= 0.6 is 39.1 Å². The van der Waals surface area contributed by atoms with Gasteiger partial charge in [-0.25, -0.2) is 9.59 Å². The van der Waals surface area contributed by atoms with Crippen LogP contribution in [0.3, 0.4) is 0 Å². The zero-order chi connectivity index (χ0) is 15.1. The molecule has 0 aliphatic carbocycles. The van der Waals surface area contributed by atoms with E-state index in [1.807, 2.05) is 0 Å². The average molecular weight is 380 g/mol. The van der Waals surface area contributed by atoms with Crippen molar-refractivity contribution in [2.45, 2.75) is 19.6 Å². The first-order chi connectivity index (χ1) is 9.19. The van der Waals surface area contributed by atoms with Gasteiger partial charge in [0.2, 0.25) is 0 Å².